The highest BCUT2D eigenvalue weighted by Crippen LogP contribution is 2.30. The lowest BCUT2D eigenvalue weighted by Crippen LogP contribution is -2.21. The average Bonchev–Trinajstić information content (AvgIpc) is 2.37. The van der Waals surface area contributed by atoms with E-state index in [2.05, 4.69) is 49.1 Å². The molecule has 1 aliphatic rings. The molecule has 0 aromatic carbocycles. The van der Waals surface area contributed by atoms with Gasteiger partial charge in [0.25, 0.3) is 0 Å². The first-order valence-electron chi connectivity index (χ1n) is 7.16. The fourth-order valence-electron chi connectivity index (χ4n) is 2.91. The van der Waals surface area contributed by atoms with Crippen molar-refractivity contribution in [3.63, 3.8) is 0 Å². The Hall–Kier alpha value is 0.0700. The van der Waals surface area contributed by atoms with Crippen molar-refractivity contribution in [2.24, 2.45) is 11.8 Å². The lowest BCUT2D eigenvalue weighted by molar-refractivity contribution is 0.267. The molecule has 1 aromatic rings. The summed E-state index contributed by atoms with van der Waals surface area (Å²) in [4.78, 5) is 4.42. The number of nitrogens with zero attached hydrogens (tertiary/aromatic N) is 1. The molecule has 0 spiro atoms. The van der Waals surface area contributed by atoms with Crippen molar-refractivity contribution in [2.75, 3.05) is 6.54 Å². The number of pyridine rings is 1. The van der Waals surface area contributed by atoms with E-state index in [-0.39, 0.29) is 0 Å². The Morgan fingerprint density at radius 3 is 2.95 bits per heavy atom. The summed E-state index contributed by atoms with van der Waals surface area (Å²) in [5.41, 5.74) is 1.08. The predicted octanol–water partition coefficient (Wildman–Crippen LogP) is 4.91. The van der Waals surface area contributed by atoms with Crippen LogP contribution >= 0.6 is 31.9 Å². The van der Waals surface area contributed by atoms with Crippen molar-refractivity contribution in [3.8, 4) is 0 Å². The van der Waals surface area contributed by atoms with Crippen LogP contribution in [-0.4, -0.2) is 11.5 Å². The summed E-state index contributed by atoms with van der Waals surface area (Å²) in [7, 11) is 0. The van der Waals surface area contributed by atoms with Crippen molar-refractivity contribution < 1.29 is 0 Å². The van der Waals surface area contributed by atoms with Crippen LogP contribution < -0.4 is 5.32 Å². The molecular weight excluding hydrogens is 368 g/mol. The Labute approximate surface area is 133 Å². The first-order valence-corrected chi connectivity index (χ1v) is 8.74. The zero-order chi connectivity index (χ0) is 13.7. The summed E-state index contributed by atoms with van der Waals surface area (Å²) in [6.07, 6.45) is 8.85. The quantitative estimate of drug-likeness (QED) is 0.723. The van der Waals surface area contributed by atoms with Crippen LogP contribution in [0, 0.1) is 11.8 Å². The summed E-state index contributed by atoms with van der Waals surface area (Å²) in [6.45, 7) is 4.33. The van der Waals surface area contributed by atoms with Gasteiger partial charge in [0.1, 0.15) is 0 Å². The molecule has 4 heteroatoms. The van der Waals surface area contributed by atoms with Crippen LogP contribution in [0.25, 0.3) is 0 Å². The molecule has 0 saturated heterocycles. The first kappa shape index (κ1) is 15.5. The maximum absolute atomic E-state index is 4.42. The molecular formula is C15H22Br2N2. The third-order valence-corrected chi connectivity index (χ3v) is 5.07. The van der Waals surface area contributed by atoms with E-state index in [1.165, 1.54) is 32.1 Å². The van der Waals surface area contributed by atoms with Crippen molar-refractivity contribution in [2.45, 2.75) is 45.6 Å². The minimum Gasteiger partial charge on any atom is -0.311 e. The third-order valence-electron chi connectivity index (χ3n) is 3.95. The van der Waals surface area contributed by atoms with Gasteiger partial charge in [-0.2, -0.15) is 0 Å². The zero-order valence-electron chi connectivity index (χ0n) is 11.5. The Balaban J connectivity index is 1.69. The van der Waals surface area contributed by atoms with E-state index in [1.807, 2.05) is 12.3 Å². The molecule has 2 nitrogen and oxygen atoms in total. The maximum Gasteiger partial charge on any atom is 0.0684 e. The Bertz CT molecular complexity index is 409. The summed E-state index contributed by atoms with van der Waals surface area (Å²) >= 11 is 6.97. The first-order chi connectivity index (χ1) is 9.15. The Morgan fingerprint density at radius 2 is 2.21 bits per heavy atom. The monoisotopic (exact) mass is 388 g/mol. The maximum atomic E-state index is 4.42. The number of aromatic nitrogens is 1. The van der Waals surface area contributed by atoms with E-state index in [4.69, 9.17) is 0 Å². The van der Waals surface area contributed by atoms with Gasteiger partial charge in [-0.05, 0) is 69.1 Å². The van der Waals surface area contributed by atoms with Gasteiger partial charge < -0.3 is 5.32 Å². The molecule has 2 rings (SSSR count). The van der Waals surface area contributed by atoms with Crippen LogP contribution in [-0.2, 0) is 6.54 Å². The van der Waals surface area contributed by atoms with Gasteiger partial charge in [-0.3, -0.25) is 4.98 Å². The SMILES string of the molecule is CC1CCCC(CCNCc2ncc(Br)cc2Br)C1. The van der Waals surface area contributed by atoms with E-state index < -0.39 is 0 Å². The molecule has 0 radical (unpaired) electrons. The molecule has 0 bridgehead atoms. The van der Waals surface area contributed by atoms with Gasteiger partial charge in [0, 0.05) is 21.7 Å². The van der Waals surface area contributed by atoms with Crippen molar-refractivity contribution in [3.05, 3.63) is 26.9 Å². The molecule has 1 fully saturated rings. The molecule has 1 saturated carbocycles. The summed E-state index contributed by atoms with van der Waals surface area (Å²) in [6, 6.07) is 2.05. The summed E-state index contributed by atoms with van der Waals surface area (Å²) in [5, 5.41) is 3.52. The van der Waals surface area contributed by atoms with E-state index in [0.717, 1.165) is 39.6 Å². The number of rotatable bonds is 5. The Kier molecular flexibility index (Phi) is 6.30. The predicted molar refractivity (Wildman–Crippen MR) is 87.1 cm³/mol. The van der Waals surface area contributed by atoms with Crippen molar-refractivity contribution in [1.29, 1.82) is 0 Å². The van der Waals surface area contributed by atoms with Crippen LogP contribution in [0.4, 0.5) is 0 Å². The summed E-state index contributed by atoms with van der Waals surface area (Å²) < 4.78 is 2.08. The highest BCUT2D eigenvalue weighted by atomic mass is 79.9. The lowest BCUT2D eigenvalue weighted by atomic mass is 9.81. The zero-order valence-corrected chi connectivity index (χ0v) is 14.6. The molecule has 1 aliphatic carbocycles. The molecule has 19 heavy (non-hydrogen) atoms. The van der Waals surface area contributed by atoms with Crippen LogP contribution in [0.2, 0.25) is 0 Å². The van der Waals surface area contributed by atoms with Crippen LogP contribution in [0.15, 0.2) is 21.2 Å². The number of hydrogen-bond donors (Lipinski definition) is 1. The van der Waals surface area contributed by atoms with Gasteiger partial charge in [-0.1, -0.05) is 26.2 Å². The fraction of sp³-hybridized carbons (Fsp3) is 0.667. The van der Waals surface area contributed by atoms with Gasteiger partial charge in [0.15, 0.2) is 0 Å². The van der Waals surface area contributed by atoms with Gasteiger partial charge in [-0.25, -0.2) is 0 Å². The van der Waals surface area contributed by atoms with E-state index in [0.29, 0.717) is 0 Å². The highest BCUT2D eigenvalue weighted by molar-refractivity contribution is 9.11. The van der Waals surface area contributed by atoms with Crippen LogP contribution in [0.3, 0.4) is 0 Å². The smallest absolute Gasteiger partial charge is 0.0684 e. The number of nitrogens with one attached hydrogen (secondary N) is 1. The molecule has 2 atom stereocenters. The lowest BCUT2D eigenvalue weighted by Gasteiger charge is -2.26. The molecule has 1 N–H and O–H groups in total. The minimum absolute atomic E-state index is 0.843. The standard InChI is InChI=1S/C15H22Br2N2/c1-11-3-2-4-12(7-11)5-6-18-10-15-14(17)8-13(16)9-19-15/h8-9,11-12,18H,2-7,10H2,1H3. The molecule has 1 heterocycles. The molecule has 2 unspecified atom stereocenters. The molecule has 0 amide bonds. The number of halogens is 2. The second kappa shape index (κ2) is 7.75. The van der Waals surface area contributed by atoms with Gasteiger partial charge in [0.2, 0.25) is 0 Å². The molecule has 106 valence electrons. The molecule has 1 aromatic heterocycles. The van der Waals surface area contributed by atoms with E-state index in [9.17, 15) is 0 Å². The second-order valence-electron chi connectivity index (χ2n) is 5.69. The van der Waals surface area contributed by atoms with Crippen LogP contribution in [0.1, 0.15) is 44.7 Å². The average molecular weight is 390 g/mol. The van der Waals surface area contributed by atoms with Gasteiger partial charge in [0.05, 0.1) is 5.69 Å². The topological polar surface area (TPSA) is 24.9 Å². The fourth-order valence-corrected chi connectivity index (χ4v) is 4.04. The molecule has 0 aliphatic heterocycles. The van der Waals surface area contributed by atoms with E-state index >= 15 is 0 Å². The Morgan fingerprint density at radius 1 is 1.37 bits per heavy atom. The van der Waals surface area contributed by atoms with Gasteiger partial charge >= 0.3 is 0 Å². The van der Waals surface area contributed by atoms with Gasteiger partial charge in [-0.15, -0.1) is 0 Å². The minimum atomic E-state index is 0.843. The third kappa shape index (κ3) is 5.16. The second-order valence-corrected chi connectivity index (χ2v) is 7.46. The normalized spacial score (nSPS) is 23.5. The number of hydrogen-bond acceptors (Lipinski definition) is 2. The largest absolute Gasteiger partial charge is 0.311 e. The van der Waals surface area contributed by atoms with Crippen LogP contribution in [0.5, 0.6) is 0 Å². The summed E-state index contributed by atoms with van der Waals surface area (Å²) in [5.74, 6) is 1.86. The van der Waals surface area contributed by atoms with Crippen molar-refractivity contribution in [1.82, 2.24) is 10.3 Å². The van der Waals surface area contributed by atoms with E-state index in [1.54, 1.807) is 0 Å². The highest BCUT2D eigenvalue weighted by Gasteiger charge is 2.18. The van der Waals surface area contributed by atoms with Crippen molar-refractivity contribution >= 4 is 31.9 Å².